The molecule has 0 radical (unpaired) electrons. The van der Waals surface area contributed by atoms with Crippen LogP contribution < -0.4 is 15.4 Å². The molecule has 8 nitrogen and oxygen atoms in total. The van der Waals surface area contributed by atoms with Crippen LogP contribution in [0.25, 0.3) is 6.08 Å². The lowest BCUT2D eigenvalue weighted by Crippen LogP contribution is -2.45. The number of nitriles is 1. The van der Waals surface area contributed by atoms with Gasteiger partial charge in [0.15, 0.2) is 6.61 Å². The first-order valence-electron chi connectivity index (χ1n) is 8.55. The van der Waals surface area contributed by atoms with E-state index in [1.807, 2.05) is 0 Å². The number of imide groups is 1. The van der Waals surface area contributed by atoms with E-state index in [9.17, 15) is 14.4 Å². The molecule has 0 atom stereocenters. The van der Waals surface area contributed by atoms with Gasteiger partial charge >= 0.3 is 12.0 Å². The van der Waals surface area contributed by atoms with E-state index >= 15 is 0 Å². The van der Waals surface area contributed by atoms with Crippen molar-refractivity contribution in [1.82, 2.24) is 10.6 Å². The minimum Gasteiger partial charge on any atom is -0.497 e. The third kappa shape index (κ3) is 6.47. The first kappa shape index (κ1) is 20.0. The van der Waals surface area contributed by atoms with Crippen LogP contribution in [-0.4, -0.2) is 37.7 Å². The summed E-state index contributed by atoms with van der Waals surface area (Å²) in [5, 5.41) is 13.9. The molecular weight excluding hydrogens is 350 g/mol. The highest BCUT2D eigenvalue weighted by Crippen LogP contribution is 2.17. The molecule has 1 aromatic rings. The average molecular weight is 371 g/mol. The molecule has 2 N–H and O–H groups in total. The second kappa shape index (κ2) is 9.97. The van der Waals surface area contributed by atoms with Gasteiger partial charge in [-0.05, 0) is 36.6 Å². The predicted molar refractivity (Wildman–Crippen MR) is 96.5 cm³/mol. The van der Waals surface area contributed by atoms with Gasteiger partial charge in [-0.2, -0.15) is 5.26 Å². The standard InChI is InChI=1S/C19H21N3O5/c1-26-16-8-6-13(7-9-16)10-14(11-20)18(24)27-12-17(23)22-19(25)21-15-4-2-3-5-15/h6-10,15H,2-5,12H2,1H3,(H2,21,22,23,25)/b14-10+. The number of carbonyl (C=O) groups is 3. The number of hydrogen-bond donors (Lipinski definition) is 2. The van der Waals surface area contributed by atoms with Gasteiger partial charge in [0.25, 0.3) is 5.91 Å². The van der Waals surface area contributed by atoms with Gasteiger partial charge in [0, 0.05) is 6.04 Å². The summed E-state index contributed by atoms with van der Waals surface area (Å²) in [6.07, 6.45) is 5.21. The summed E-state index contributed by atoms with van der Waals surface area (Å²) in [6.45, 7) is -0.654. The third-order valence-electron chi connectivity index (χ3n) is 4.04. The number of amides is 3. The van der Waals surface area contributed by atoms with Crippen LogP contribution in [0, 0.1) is 11.3 Å². The number of benzene rings is 1. The SMILES string of the molecule is COc1ccc(/C=C(\C#N)C(=O)OCC(=O)NC(=O)NC2CCCC2)cc1. The van der Waals surface area contributed by atoms with Crippen LogP contribution in [0.2, 0.25) is 0 Å². The van der Waals surface area contributed by atoms with Crippen molar-refractivity contribution in [3.8, 4) is 11.8 Å². The summed E-state index contributed by atoms with van der Waals surface area (Å²) in [4.78, 5) is 35.3. The Hall–Kier alpha value is -3.34. The first-order valence-corrected chi connectivity index (χ1v) is 8.55. The van der Waals surface area contributed by atoms with E-state index in [2.05, 4.69) is 10.6 Å². The lowest BCUT2D eigenvalue weighted by Gasteiger charge is -2.12. The molecule has 0 bridgehead atoms. The fourth-order valence-corrected chi connectivity index (χ4v) is 2.67. The molecule has 1 fully saturated rings. The van der Waals surface area contributed by atoms with Gasteiger partial charge in [0.2, 0.25) is 0 Å². The second-order valence-corrected chi connectivity index (χ2v) is 6.02. The molecule has 0 spiro atoms. The Morgan fingerprint density at radius 3 is 2.48 bits per heavy atom. The fourth-order valence-electron chi connectivity index (χ4n) is 2.67. The molecule has 0 heterocycles. The van der Waals surface area contributed by atoms with E-state index in [0.717, 1.165) is 25.7 Å². The van der Waals surface area contributed by atoms with Crippen molar-refractivity contribution in [2.45, 2.75) is 31.7 Å². The smallest absolute Gasteiger partial charge is 0.349 e. The highest BCUT2D eigenvalue weighted by molar-refractivity contribution is 6.00. The van der Waals surface area contributed by atoms with Gasteiger partial charge in [-0.25, -0.2) is 9.59 Å². The van der Waals surface area contributed by atoms with Crippen LogP contribution in [-0.2, 0) is 14.3 Å². The maximum Gasteiger partial charge on any atom is 0.349 e. The number of rotatable bonds is 6. The van der Waals surface area contributed by atoms with Crippen LogP contribution in [0.1, 0.15) is 31.2 Å². The number of esters is 1. The maximum absolute atomic E-state index is 12.0. The van der Waals surface area contributed by atoms with E-state index in [4.69, 9.17) is 14.7 Å². The molecule has 0 aromatic heterocycles. The second-order valence-electron chi connectivity index (χ2n) is 6.02. The molecule has 1 aliphatic carbocycles. The molecule has 0 unspecified atom stereocenters. The Kier molecular flexibility index (Phi) is 7.37. The minimum atomic E-state index is -0.945. The molecule has 27 heavy (non-hydrogen) atoms. The Labute approximate surface area is 157 Å². The zero-order chi connectivity index (χ0) is 19.6. The lowest BCUT2D eigenvalue weighted by atomic mass is 10.1. The summed E-state index contributed by atoms with van der Waals surface area (Å²) >= 11 is 0. The fraction of sp³-hybridized carbons (Fsp3) is 0.368. The summed E-state index contributed by atoms with van der Waals surface area (Å²) in [5.74, 6) is -1.07. The molecular formula is C19H21N3O5. The molecule has 2 rings (SSSR count). The zero-order valence-corrected chi connectivity index (χ0v) is 15.0. The lowest BCUT2D eigenvalue weighted by molar-refractivity contribution is -0.144. The number of ether oxygens (including phenoxy) is 2. The number of nitrogens with one attached hydrogen (secondary N) is 2. The predicted octanol–water partition coefficient (Wildman–Crippen LogP) is 1.91. The third-order valence-corrected chi connectivity index (χ3v) is 4.04. The van der Waals surface area contributed by atoms with Gasteiger partial charge in [0.05, 0.1) is 7.11 Å². The largest absolute Gasteiger partial charge is 0.497 e. The monoisotopic (exact) mass is 371 g/mol. The molecule has 8 heteroatoms. The van der Waals surface area contributed by atoms with Crippen molar-refractivity contribution in [3.05, 3.63) is 35.4 Å². The Morgan fingerprint density at radius 1 is 1.22 bits per heavy atom. The number of urea groups is 1. The van der Waals surface area contributed by atoms with Crippen molar-refractivity contribution in [2.24, 2.45) is 0 Å². The van der Waals surface area contributed by atoms with Crippen LogP contribution in [0.15, 0.2) is 29.8 Å². The normalized spacial score (nSPS) is 14.1. The van der Waals surface area contributed by atoms with Crippen LogP contribution >= 0.6 is 0 Å². The number of hydrogen-bond acceptors (Lipinski definition) is 6. The summed E-state index contributed by atoms with van der Waals surface area (Å²) in [6, 6.07) is 7.90. The van der Waals surface area contributed by atoms with E-state index < -0.39 is 24.5 Å². The highest BCUT2D eigenvalue weighted by Gasteiger charge is 2.19. The molecule has 142 valence electrons. The van der Waals surface area contributed by atoms with Gasteiger partial charge in [0.1, 0.15) is 17.4 Å². The quantitative estimate of drug-likeness (QED) is 0.448. The van der Waals surface area contributed by atoms with E-state index in [-0.39, 0.29) is 11.6 Å². The van der Waals surface area contributed by atoms with E-state index in [1.54, 1.807) is 30.3 Å². The zero-order valence-electron chi connectivity index (χ0n) is 15.0. The summed E-state index contributed by atoms with van der Waals surface area (Å²) in [5.41, 5.74) is 0.341. The maximum atomic E-state index is 12.0. The van der Waals surface area contributed by atoms with E-state index in [1.165, 1.54) is 13.2 Å². The van der Waals surface area contributed by atoms with Crippen molar-refractivity contribution >= 4 is 24.0 Å². The number of methoxy groups -OCH3 is 1. The van der Waals surface area contributed by atoms with Crippen molar-refractivity contribution in [3.63, 3.8) is 0 Å². The Bertz CT molecular complexity index is 759. The van der Waals surface area contributed by atoms with Gasteiger partial charge < -0.3 is 14.8 Å². The van der Waals surface area contributed by atoms with Crippen LogP contribution in [0.5, 0.6) is 5.75 Å². The average Bonchev–Trinajstić information content (AvgIpc) is 3.17. The molecule has 0 saturated heterocycles. The molecule has 3 amide bonds. The molecule has 1 saturated carbocycles. The topological polar surface area (TPSA) is 118 Å². The van der Waals surface area contributed by atoms with Crippen molar-refractivity contribution < 1.29 is 23.9 Å². The highest BCUT2D eigenvalue weighted by atomic mass is 16.5. The molecule has 1 aliphatic rings. The van der Waals surface area contributed by atoms with Gasteiger partial charge in [-0.15, -0.1) is 0 Å². The Morgan fingerprint density at radius 2 is 1.89 bits per heavy atom. The Balaban J connectivity index is 1.82. The van der Waals surface area contributed by atoms with E-state index in [0.29, 0.717) is 11.3 Å². The number of nitrogens with zero attached hydrogens (tertiary/aromatic N) is 1. The van der Waals surface area contributed by atoms with Crippen molar-refractivity contribution in [1.29, 1.82) is 5.26 Å². The molecule has 1 aromatic carbocycles. The summed E-state index contributed by atoms with van der Waals surface area (Å²) in [7, 11) is 1.53. The van der Waals surface area contributed by atoms with Crippen molar-refractivity contribution in [2.75, 3.05) is 13.7 Å². The van der Waals surface area contributed by atoms with Gasteiger partial charge in [-0.1, -0.05) is 25.0 Å². The first-order chi connectivity index (χ1) is 13.0. The van der Waals surface area contributed by atoms with Crippen LogP contribution in [0.3, 0.4) is 0 Å². The minimum absolute atomic E-state index is 0.0676. The summed E-state index contributed by atoms with van der Waals surface area (Å²) < 4.78 is 9.83. The van der Waals surface area contributed by atoms with Gasteiger partial charge in [-0.3, -0.25) is 10.1 Å². The number of carbonyl (C=O) groups excluding carboxylic acids is 3. The molecule has 0 aliphatic heterocycles. The van der Waals surface area contributed by atoms with Crippen LogP contribution in [0.4, 0.5) is 4.79 Å².